The van der Waals surface area contributed by atoms with Gasteiger partial charge in [-0.2, -0.15) is 17.6 Å². The molecular weight excluding hydrogens is 428 g/mol. The Kier molecular flexibility index (Phi) is 6.35. The first-order chi connectivity index (χ1) is 13.3. The van der Waals surface area contributed by atoms with Gasteiger partial charge in [0.05, 0.1) is 25.2 Å². The van der Waals surface area contributed by atoms with E-state index in [2.05, 4.69) is 11.3 Å². The fraction of sp³-hybridized carbons (Fsp3) is 0.375. The van der Waals surface area contributed by atoms with Crippen molar-refractivity contribution in [3.05, 3.63) is 35.9 Å². The minimum absolute atomic E-state index is 0.0112. The van der Waals surface area contributed by atoms with E-state index < -0.39 is 58.4 Å². The highest BCUT2D eigenvalue weighted by molar-refractivity contribution is 7.86. The Balaban J connectivity index is 1.87. The molecule has 1 aromatic rings. The van der Waals surface area contributed by atoms with E-state index in [4.69, 9.17) is 9.47 Å². The molecule has 0 saturated heterocycles. The zero-order valence-electron chi connectivity index (χ0n) is 14.5. The monoisotopic (exact) mass is 441 g/mol. The smallest absolute Gasteiger partial charge is 0.396 e. The lowest BCUT2D eigenvalue weighted by molar-refractivity contribution is -0.170. The van der Waals surface area contributed by atoms with E-state index in [0.717, 1.165) is 0 Å². The topological polar surface area (TPSA) is 119 Å². The SMILES string of the molecule is C=C(COCCC(F)(F)C(F)(F)S(=O)(=O)[O-])C(=O)Oc1cccc2c1OC(=O)C2. The van der Waals surface area contributed by atoms with Crippen LogP contribution in [-0.2, 0) is 30.9 Å². The molecule has 0 spiro atoms. The summed E-state index contributed by atoms with van der Waals surface area (Å²) in [6.45, 7) is 1.48. The molecule has 8 nitrogen and oxygen atoms in total. The fourth-order valence-electron chi connectivity index (χ4n) is 2.16. The number of carbonyl (C=O) groups is 2. The Morgan fingerprint density at radius 2 is 1.93 bits per heavy atom. The third-order valence-corrected chi connectivity index (χ3v) is 4.61. The highest BCUT2D eigenvalue weighted by Gasteiger charge is 2.61. The second-order valence-corrected chi connectivity index (χ2v) is 7.29. The number of hydrogen-bond donors (Lipinski definition) is 0. The van der Waals surface area contributed by atoms with Gasteiger partial charge in [-0.15, -0.1) is 0 Å². The van der Waals surface area contributed by atoms with E-state index in [1.165, 1.54) is 12.1 Å². The number of rotatable bonds is 9. The van der Waals surface area contributed by atoms with Crippen LogP contribution < -0.4 is 9.47 Å². The summed E-state index contributed by atoms with van der Waals surface area (Å²) in [6, 6.07) is 4.40. The van der Waals surface area contributed by atoms with Crippen LogP contribution in [-0.4, -0.2) is 49.3 Å². The molecular formula is C16H13F4O8S-. The quantitative estimate of drug-likeness (QED) is 0.142. The molecule has 29 heavy (non-hydrogen) atoms. The first-order valence-corrected chi connectivity index (χ1v) is 9.18. The van der Waals surface area contributed by atoms with Gasteiger partial charge in [-0.05, 0) is 6.07 Å². The van der Waals surface area contributed by atoms with Gasteiger partial charge in [0, 0.05) is 12.0 Å². The Morgan fingerprint density at radius 3 is 2.55 bits per heavy atom. The summed E-state index contributed by atoms with van der Waals surface area (Å²) < 4.78 is 97.8. The van der Waals surface area contributed by atoms with Crippen molar-refractivity contribution in [3.63, 3.8) is 0 Å². The number of fused-ring (bicyclic) bond motifs is 1. The van der Waals surface area contributed by atoms with E-state index in [1.807, 2.05) is 0 Å². The van der Waals surface area contributed by atoms with Crippen molar-refractivity contribution >= 4 is 22.1 Å². The number of hydrogen-bond acceptors (Lipinski definition) is 8. The Bertz CT molecular complexity index is 942. The summed E-state index contributed by atoms with van der Waals surface area (Å²) in [5, 5.41) is -5.82. The van der Waals surface area contributed by atoms with Crippen molar-refractivity contribution < 1.29 is 54.3 Å². The number of carbonyl (C=O) groups excluding carboxylic acids is 2. The number of halogens is 4. The molecule has 0 fully saturated rings. The molecule has 0 radical (unpaired) electrons. The standard InChI is InChI=1S/C16H14F4O8S/c1-9(8-26-6-5-15(17,18)16(19,20)29(23,24)25)14(22)27-11-4-2-3-10-7-12(21)28-13(10)11/h2-4H,1,5-8H2,(H,23,24,25)/p-1. The zero-order chi connectivity index (χ0) is 22.0. The van der Waals surface area contributed by atoms with Crippen molar-refractivity contribution in [2.24, 2.45) is 0 Å². The zero-order valence-corrected chi connectivity index (χ0v) is 15.3. The average Bonchev–Trinajstić information content (AvgIpc) is 2.98. The third-order valence-electron chi connectivity index (χ3n) is 3.68. The average molecular weight is 441 g/mol. The second-order valence-electron chi connectivity index (χ2n) is 5.87. The largest absolute Gasteiger partial charge is 0.743 e. The van der Waals surface area contributed by atoms with E-state index in [-0.39, 0.29) is 17.9 Å². The van der Waals surface area contributed by atoms with Crippen LogP contribution in [0.25, 0.3) is 0 Å². The van der Waals surface area contributed by atoms with Crippen LogP contribution in [0.5, 0.6) is 11.5 Å². The first-order valence-electron chi connectivity index (χ1n) is 7.77. The van der Waals surface area contributed by atoms with Gasteiger partial charge in [-0.25, -0.2) is 13.2 Å². The molecule has 0 unspecified atom stereocenters. The molecule has 0 N–H and O–H groups in total. The summed E-state index contributed by atoms with van der Waals surface area (Å²) in [5.41, 5.74) is 0.0945. The van der Waals surface area contributed by atoms with Gasteiger partial charge in [0.25, 0.3) is 0 Å². The number of para-hydroxylation sites is 1. The van der Waals surface area contributed by atoms with Crippen molar-refractivity contribution in [3.8, 4) is 11.5 Å². The molecule has 0 aliphatic carbocycles. The van der Waals surface area contributed by atoms with Crippen molar-refractivity contribution in [1.82, 2.24) is 0 Å². The lowest BCUT2D eigenvalue weighted by Crippen LogP contribution is -2.47. The van der Waals surface area contributed by atoms with Crippen LogP contribution in [0.1, 0.15) is 12.0 Å². The van der Waals surface area contributed by atoms with Gasteiger partial charge in [0.15, 0.2) is 21.6 Å². The summed E-state index contributed by atoms with van der Waals surface area (Å²) in [5.74, 6) is -6.85. The van der Waals surface area contributed by atoms with E-state index >= 15 is 0 Å². The van der Waals surface area contributed by atoms with Crippen LogP contribution in [0, 0.1) is 0 Å². The maximum Gasteiger partial charge on any atom is 0.396 e. The summed E-state index contributed by atoms with van der Waals surface area (Å²) in [7, 11) is -6.59. The van der Waals surface area contributed by atoms with Gasteiger partial charge in [0.1, 0.15) is 0 Å². The predicted molar refractivity (Wildman–Crippen MR) is 85.6 cm³/mol. The lowest BCUT2D eigenvalue weighted by atomic mass is 10.1. The van der Waals surface area contributed by atoms with Crippen LogP contribution in [0.15, 0.2) is 30.4 Å². The predicted octanol–water partition coefficient (Wildman–Crippen LogP) is 1.79. The maximum atomic E-state index is 13.3. The molecule has 2 rings (SSSR count). The van der Waals surface area contributed by atoms with E-state index in [9.17, 15) is 40.1 Å². The van der Waals surface area contributed by atoms with Crippen molar-refractivity contribution in [2.75, 3.05) is 13.2 Å². The molecule has 0 saturated carbocycles. The third kappa shape index (κ3) is 4.92. The summed E-state index contributed by atoms with van der Waals surface area (Å²) in [6.07, 6.45) is -1.81. The van der Waals surface area contributed by atoms with Crippen molar-refractivity contribution in [2.45, 2.75) is 24.0 Å². The number of alkyl halides is 4. The first kappa shape index (κ1) is 22.8. The Morgan fingerprint density at radius 1 is 1.28 bits per heavy atom. The Labute approximate surface area is 161 Å². The normalized spacial score (nSPS) is 14.3. The van der Waals surface area contributed by atoms with Gasteiger partial charge in [-0.1, -0.05) is 18.7 Å². The fourth-order valence-corrected chi connectivity index (χ4v) is 2.63. The van der Waals surface area contributed by atoms with Crippen molar-refractivity contribution in [1.29, 1.82) is 0 Å². The number of ether oxygens (including phenoxy) is 3. The maximum absolute atomic E-state index is 13.3. The molecule has 13 heteroatoms. The van der Waals surface area contributed by atoms with Crippen LogP contribution in [0.4, 0.5) is 17.6 Å². The van der Waals surface area contributed by atoms with Gasteiger partial charge in [-0.3, -0.25) is 4.79 Å². The van der Waals surface area contributed by atoms with Crippen LogP contribution >= 0.6 is 0 Å². The van der Waals surface area contributed by atoms with Gasteiger partial charge < -0.3 is 18.8 Å². The molecule has 0 aromatic heterocycles. The lowest BCUT2D eigenvalue weighted by Gasteiger charge is -2.28. The minimum Gasteiger partial charge on any atom is -0.743 e. The van der Waals surface area contributed by atoms with Crippen LogP contribution in [0.3, 0.4) is 0 Å². The molecule has 0 amide bonds. The second kappa shape index (κ2) is 8.08. The van der Waals surface area contributed by atoms with E-state index in [0.29, 0.717) is 5.56 Å². The van der Waals surface area contributed by atoms with Crippen LogP contribution in [0.2, 0.25) is 0 Å². The molecule has 0 bridgehead atoms. The summed E-state index contributed by atoms with van der Waals surface area (Å²) >= 11 is 0. The molecule has 1 aromatic carbocycles. The Hall–Kier alpha value is -2.51. The molecule has 160 valence electrons. The molecule has 0 atom stereocenters. The molecule has 1 heterocycles. The minimum atomic E-state index is -6.59. The van der Waals surface area contributed by atoms with Gasteiger partial charge >= 0.3 is 23.1 Å². The highest BCUT2D eigenvalue weighted by Crippen LogP contribution is 2.40. The molecule has 1 aliphatic heterocycles. The number of esters is 2. The highest BCUT2D eigenvalue weighted by atomic mass is 32.2. The summed E-state index contributed by atoms with van der Waals surface area (Å²) in [4.78, 5) is 23.2. The molecule has 1 aliphatic rings. The van der Waals surface area contributed by atoms with E-state index in [1.54, 1.807) is 6.07 Å². The number of benzene rings is 1. The van der Waals surface area contributed by atoms with Gasteiger partial charge in [0.2, 0.25) is 0 Å².